The first kappa shape index (κ1) is 42.3. The molecule has 2 saturated carbocycles. The molecule has 15 nitrogen and oxygen atoms in total. The summed E-state index contributed by atoms with van der Waals surface area (Å²) < 4.78 is 53.1. The summed E-state index contributed by atoms with van der Waals surface area (Å²) in [6.07, 6.45) is 2.01. The van der Waals surface area contributed by atoms with Crippen LogP contribution in [0.25, 0.3) is 0 Å². The van der Waals surface area contributed by atoms with Crippen molar-refractivity contribution in [1.82, 2.24) is 25.2 Å². The molecule has 1 aromatic carbocycles. The van der Waals surface area contributed by atoms with E-state index >= 15 is 0 Å². The number of hydrogen-bond acceptors (Lipinski definition) is 10. The van der Waals surface area contributed by atoms with E-state index in [0.29, 0.717) is 24.0 Å². The number of sulfonamides is 1. The summed E-state index contributed by atoms with van der Waals surface area (Å²) in [6.45, 7) is 14.1. The normalized spacial score (nSPS) is 23.9. The van der Waals surface area contributed by atoms with Gasteiger partial charge < -0.3 is 25.0 Å². The number of carbonyl (C=O) groups excluding carboxylic acids is 6. The number of nitrogens with one attached hydrogen (secondary N) is 3. The standard InChI is InChI=1S/C39H52FN5O10S/c1-8-24-19-39(24,34(49)43-56(52,53)27-13-14-27)42-32(47)31-18-26(54-36(51)44-20-23-10-9-11-29(40)28(23)22-44)21-45(31)33(48)30(41-35(50)55-38(5,6)7)15-12-25(46)16-17-37(2,3)4/h8-11,16-17,24,26-27,30-31H,1,12-15,18-22H2,2-7H3,(H,41,50)(H,42,47)(H,43,49). The quantitative estimate of drug-likeness (QED) is 0.195. The van der Waals surface area contributed by atoms with Gasteiger partial charge >= 0.3 is 12.2 Å². The minimum atomic E-state index is -3.97. The molecule has 17 heteroatoms. The van der Waals surface area contributed by atoms with Crippen molar-refractivity contribution in [2.45, 2.75) is 128 Å². The first-order chi connectivity index (χ1) is 26.0. The van der Waals surface area contributed by atoms with Crippen LogP contribution in [0.1, 0.15) is 91.2 Å². The molecular weight excluding hydrogens is 750 g/mol. The van der Waals surface area contributed by atoms with Gasteiger partial charge in [0.15, 0.2) is 5.78 Å². The van der Waals surface area contributed by atoms with Crippen LogP contribution in [0.2, 0.25) is 0 Å². The van der Waals surface area contributed by atoms with Crippen molar-refractivity contribution in [1.29, 1.82) is 0 Å². The summed E-state index contributed by atoms with van der Waals surface area (Å²) >= 11 is 0. The molecule has 0 aromatic heterocycles. The predicted octanol–water partition coefficient (Wildman–Crippen LogP) is 3.76. The molecule has 2 aliphatic carbocycles. The first-order valence-electron chi connectivity index (χ1n) is 18.8. The lowest BCUT2D eigenvalue weighted by molar-refractivity contribution is -0.141. The molecule has 1 saturated heterocycles. The second kappa shape index (κ2) is 16.0. The Kier molecular flexibility index (Phi) is 12.1. The lowest BCUT2D eigenvalue weighted by Crippen LogP contribution is -2.58. The predicted molar refractivity (Wildman–Crippen MR) is 201 cm³/mol. The summed E-state index contributed by atoms with van der Waals surface area (Å²) in [5, 5.41) is 4.50. The number of halogens is 1. The Bertz CT molecular complexity index is 1920. The summed E-state index contributed by atoms with van der Waals surface area (Å²) in [6, 6.07) is 1.77. The van der Waals surface area contributed by atoms with Crippen molar-refractivity contribution in [3.05, 3.63) is 60.0 Å². The van der Waals surface area contributed by atoms with Crippen LogP contribution in [0.4, 0.5) is 14.0 Å². The molecule has 3 fully saturated rings. The highest BCUT2D eigenvalue weighted by Gasteiger charge is 2.62. The number of hydrogen-bond donors (Lipinski definition) is 3. The van der Waals surface area contributed by atoms with E-state index < -0.39 is 86.2 Å². The molecule has 4 aliphatic rings. The van der Waals surface area contributed by atoms with E-state index in [-0.39, 0.29) is 56.5 Å². The number of rotatable bonds is 13. The average molecular weight is 802 g/mol. The molecule has 5 atom stereocenters. The number of nitrogens with zero attached hydrogens (tertiary/aromatic N) is 2. The summed E-state index contributed by atoms with van der Waals surface area (Å²) in [7, 11) is -3.97. The minimum Gasteiger partial charge on any atom is -0.444 e. The van der Waals surface area contributed by atoms with Gasteiger partial charge in [0.1, 0.15) is 35.1 Å². The molecule has 1 aromatic rings. The Morgan fingerprint density at radius 2 is 1.77 bits per heavy atom. The number of amides is 5. The van der Waals surface area contributed by atoms with Crippen molar-refractivity contribution >= 4 is 45.7 Å². The maximum Gasteiger partial charge on any atom is 0.410 e. The zero-order valence-corrected chi connectivity index (χ0v) is 33.5. The molecule has 5 unspecified atom stereocenters. The minimum absolute atomic E-state index is 0.0481. The summed E-state index contributed by atoms with van der Waals surface area (Å²) in [5.41, 5.74) is -1.95. The molecule has 0 radical (unpaired) electrons. The molecule has 2 aliphatic heterocycles. The van der Waals surface area contributed by atoms with Gasteiger partial charge in [-0.05, 0) is 69.6 Å². The second-order valence-electron chi connectivity index (χ2n) is 17.1. The van der Waals surface area contributed by atoms with Gasteiger partial charge in [-0.15, -0.1) is 6.58 Å². The third kappa shape index (κ3) is 10.3. The number of benzene rings is 1. The van der Waals surface area contributed by atoms with E-state index in [4.69, 9.17) is 9.47 Å². The van der Waals surface area contributed by atoms with Crippen LogP contribution in [0.3, 0.4) is 0 Å². The van der Waals surface area contributed by atoms with E-state index in [1.54, 1.807) is 32.9 Å². The van der Waals surface area contributed by atoms with Gasteiger partial charge in [-0.25, -0.2) is 22.4 Å². The Labute approximate surface area is 326 Å². The fourth-order valence-corrected chi connectivity index (χ4v) is 8.11. The van der Waals surface area contributed by atoms with Crippen LogP contribution in [0.15, 0.2) is 43.0 Å². The van der Waals surface area contributed by atoms with Crippen molar-refractivity contribution in [3.63, 3.8) is 0 Å². The SMILES string of the molecule is C=CC1CC1(NC(=O)C1CC(OC(=O)N2Cc3cccc(F)c3C2)CN1C(=O)C(CCC(=O)C=CC(C)(C)C)NC(=O)OC(C)(C)C)C(=O)NS(=O)(=O)C1CC1. The molecule has 2 heterocycles. The van der Waals surface area contributed by atoms with Crippen molar-refractivity contribution in [2.24, 2.45) is 11.3 Å². The van der Waals surface area contributed by atoms with E-state index in [9.17, 15) is 41.6 Å². The van der Waals surface area contributed by atoms with E-state index in [0.717, 1.165) is 4.90 Å². The van der Waals surface area contributed by atoms with Crippen molar-refractivity contribution < 1.29 is 51.0 Å². The number of carbonyl (C=O) groups is 6. The zero-order chi connectivity index (χ0) is 41.4. The van der Waals surface area contributed by atoms with Gasteiger partial charge in [-0.2, -0.15) is 0 Å². The molecule has 3 N–H and O–H groups in total. The maximum absolute atomic E-state index is 14.5. The second-order valence-corrected chi connectivity index (χ2v) is 19.0. The van der Waals surface area contributed by atoms with E-state index in [1.165, 1.54) is 29.2 Å². The molecule has 5 rings (SSSR count). The van der Waals surface area contributed by atoms with Crippen LogP contribution in [0, 0.1) is 17.2 Å². The van der Waals surface area contributed by atoms with Crippen LogP contribution in [-0.4, -0.2) is 95.0 Å². The Hall–Kier alpha value is -4.80. The van der Waals surface area contributed by atoms with Gasteiger partial charge in [0.2, 0.25) is 21.8 Å². The fourth-order valence-electron chi connectivity index (χ4n) is 6.74. The molecule has 0 spiro atoms. The average Bonchev–Trinajstić information content (AvgIpc) is 3.98. The van der Waals surface area contributed by atoms with Gasteiger partial charge in [-0.1, -0.05) is 45.1 Å². The third-order valence-corrected chi connectivity index (χ3v) is 11.8. The summed E-state index contributed by atoms with van der Waals surface area (Å²) in [4.78, 5) is 83.8. The maximum atomic E-state index is 14.5. The molecule has 0 bridgehead atoms. The molecule has 5 amide bonds. The lowest BCUT2D eigenvalue weighted by atomic mass is 9.95. The van der Waals surface area contributed by atoms with Crippen LogP contribution in [-0.2, 0) is 51.8 Å². The smallest absolute Gasteiger partial charge is 0.410 e. The Balaban J connectivity index is 1.39. The van der Waals surface area contributed by atoms with Gasteiger partial charge in [0.05, 0.1) is 18.3 Å². The van der Waals surface area contributed by atoms with E-state index in [1.807, 2.05) is 20.8 Å². The monoisotopic (exact) mass is 801 g/mol. The van der Waals surface area contributed by atoms with Crippen molar-refractivity contribution in [2.75, 3.05) is 6.54 Å². The topological polar surface area (TPSA) is 198 Å². The number of ether oxygens (including phenoxy) is 2. The highest BCUT2D eigenvalue weighted by atomic mass is 32.2. The highest BCUT2D eigenvalue weighted by Crippen LogP contribution is 2.45. The highest BCUT2D eigenvalue weighted by molar-refractivity contribution is 7.91. The Morgan fingerprint density at radius 1 is 1.07 bits per heavy atom. The number of alkyl carbamates (subject to hydrolysis) is 1. The fraction of sp³-hybridized carbons (Fsp3) is 0.590. The zero-order valence-electron chi connectivity index (χ0n) is 32.7. The molecular formula is C39H52FN5O10S. The van der Waals surface area contributed by atoms with Crippen LogP contribution < -0.4 is 15.4 Å². The first-order valence-corrected chi connectivity index (χ1v) is 20.3. The lowest BCUT2D eigenvalue weighted by Gasteiger charge is -2.30. The molecule has 56 heavy (non-hydrogen) atoms. The molecule has 306 valence electrons. The number of fused-ring (bicyclic) bond motifs is 1. The number of ketones is 1. The number of allylic oxidation sites excluding steroid dienone is 2. The van der Waals surface area contributed by atoms with Gasteiger partial charge in [-0.3, -0.25) is 28.8 Å². The van der Waals surface area contributed by atoms with Crippen LogP contribution >= 0.6 is 0 Å². The number of likely N-dealkylation sites (tertiary alicyclic amines) is 1. The largest absolute Gasteiger partial charge is 0.444 e. The van der Waals surface area contributed by atoms with Crippen LogP contribution in [0.5, 0.6) is 0 Å². The van der Waals surface area contributed by atoms with Gasteiger partial charge in [0, 0.05) is 30.9 Å². The van der Waals surface area contributed by atoms with Gasteiger partial charge in [0.25, 0.3) is 5.91 Å². The Morgan fingerprint density at radius 3 is 2.36 bits per heavy atom. The summed E-state index contributed by atoms with van der Waals surface area (Å²) in [5.74, 6) is -3.96. The van der Waals surface area contributed by atoms with Crippen molar-refractivity contribution in [3.8, 4) is 0 Å². The van der Waals surface area contributed by atoms with E-state index in [2.05, 4.69) is 21.9 Å². The third-order valence-electron chi connectivity index (χ3n) is 9.99.